The summed E-state index contributed by atoms with van der Waals surface area (Å²) in [4.78, 5) is 29.4. The van der Waals surface area contributed by atoms with Crippen LogP contribution in [0.4, 0.5) is 19.4 Å². The molecule has 8 rings (SSSR count). The minimum Gasteiger partial charge on any atom is -0.468 e. The minimum atomic E-state index is -2.27. The van der Waals surface area contributed by atoms with E-state index in [0.29, 0.717) is 82.5 Å². The Morgan fingerprint density at radius 2 is 1.64 bits per heavy atom. The number of rotatable bonds is 13. The number of piperazine rings is 1. The first-order valence-electron chi connectivity index (χ1n) is 23.6. The second kappa shape index (κ2) is 19.0. The fraction of sp³-hybridized carbons (Fsp3) is 0.588. The molecule has 4 fully saturated rings. The molecule has 2 bridgehead atoms. The zero-order chi connectivity index (χ0) is 47.3. The molecule has 2 atom stereocenters. The molecule has 1 amide bonds. The number of carbonyl (C=O) groups is 1. The maximum Gasteiger partial charge on any atom is 0.410 e. The number of nitrogens with zero attached hydrogens (tertiary/aromatic N) is 5. The van der Waals surface area contributed by atoms with E-state index in [-0.39, 0.29) is 58.4 Å². The fourth-order valence-corrected chi connectivity index (χ4v) is 16.3. The number of ether oxygens (including phenoxy) is 5. The molecule has 3 saturated heterocycles. The average Bonchev–Trinajstić information content (AvgIpc) is 3.96. The highest BCUT2D eigenvalue weighted by Crippen LogP contribution is 2.48. The molecule has 2 unspecified atom stereocenters. The average molecular weight is 947 g/mol. The van der Waals surface area contributed by atoms with Crippen molar-refractivity contribution in [2.75, 3.05) is 71.3 Å². The Bertz CT molecular complexity index is 2500. The van der Waals surface area contributed by atoms with Crippen molar-refractivity contribution >= 4 is 53.3 Å². The summed E-state index contributed by atoms with van der Waals surface area (Å²) in [6.45, 7) is 24.0. The van der Waals surface area contributed by atoms with E-state index in [2.05, 4.69) is 57.9 Å². The molecule has 15 heteroatoms. The zero-order valence-corrected chi connectivity index (χ0v) is 42.0. The van der Waals surface area contributed by atoms with E-state index in [4.69, 9.17) is 45.3 Å². The van der Waals surface area contributed by atoms with Crippen molar-refractivity contribution in [2.45, 2.75) is 122 Å². The van der Waals surface area contributed by atoms with Gasteiger partial charge in [0.05, 0.1) is 48.1 Å². The van der Waals surface area contributed by atoms with Gasteiger partial charge in [0.2, 0.25) is 0 Å². The first-order valence-corrected chi connectivity index (χ1v) is 26.3. The summed E-state index contributed by atoms with van der Waals surface area (Å²) in [7, 11) is -0.758. The van der Waals surface area contributed by atoms with Crippen molar-refractivity contribution in [2.24, 2.45) is 5.41 Å². The Balaban J connectivity index is 1.28. The van der Waals surface area contributed by atoms with Gasteiger partial charge in [0.25, 0.3) is 0 Å². The van der Waals surface area contributed by atoms with Gasteiger partial charge in [-0.25, -0.2) is 13.6 Å². The second-order valence-electron chi connectivity index (χ2n) is 20.8. The lowest BCUT2D eigenvalue weighted by molar-refractivity contribution is 0.0122. The molecule has 3 aliphatic heterocycles. The number of amides is 1. The van der Waals surface area contributed by atoms with Crippen LogP contribution in [0.3, 0.4) is 0 Å². The lowest BCUT2D eigenvalue weighted by Gasteiger charge is -2.42. The topological polar surface area (TPSA) is 98.7 Å². The van der Waals surface area contributed by atoms with E-state index in [1.54, 1.807) is 12.1 Å². The predicted molar refractivity (Wildman–Crippen MR) is 259 cm³/mol. The van der Waals surface area contributed by atoms with Crippen molar-refractivity contribution in [3.63, 3.8) is 0 Å². The summed E-state index contributed by atoms with van der Waals surface area (Å²) >= 11 is 7.07. The molecule has 66 heavy (non-hydrogen) atoms. The summed E-state index contributed by atoms with van der Waals surface area (Å²) in [6, 6.07) is 8.02. The quantitative estimate of drug-likeness (QED) is 0.0732. The van der Waals surface area contributed by atoms with E-state index in [0.717, 1.165) is 45.3 Å². The van der Waals surface area contributed by atoms with Crippen LogP contribution >= 0.6 is 11.6 Å². The number of halogens is 3. The van der Waals surface area contributed by atoms with Crippen molar-refractivity contribution in [1.82, 2.24) is 19.8 Å². The van der Waals surface area contributed by atoms with E-state index >= 15 is 8.78 Å². The third-order valence-electron chi connectivity index (χ3n) is 14.3. The predicted octanol–water partition coefficient (Wildman–Crippen LogP) is 11.0. The summed E-state index contributed by atoms with van der Waals surface area (Å²) in [5, 5.41) is 1.75. The minimum absolute atomic E-state index is 0.0121. The van der Waals surface area contributed by atoms with Gasteiger partial charge in [-0.2, -0.15) is 9.97 Å². The number of methoxy groups -OCH3 is 1. The molecule has 3 aromatic carbocycles. The molecule has 0 N–H and O–H groups in total. The van der Waals surface area contributed by atoms with Crippen molar-refractivity contribution in [3.8, 4) is 34.4 Å². The molecule has 4 heterocycles. The number of hydrogen-bond acceptors (Lipinski definition) is 10. The fourth-order valence-electron chi connectivity index (χ4n) is 10.9. The van der Waals surface area contributed by atoms with Gasteiger partial charge in [0.1, 0.15) is 36.6 Å². The van der Waals surface area contributed by atoms with Crippen LogP contribution in [0.5, 0.6) is 11.8 Å². The number of hydrogen-bond donors (Lipinski definition) is 0. The Morgan fingerprint density at radius 1 is 0.970 bits per heavy atom. The van der Waals surface area contributed by atoms with Crippen LogP contribution in [0, 0.1) is 28.5 Å². The highest BCUT2D eigenvalue weighted by Gasteiger charge is 2.47. The Kier molecular flexibility index (Phi) is 13.9. The molecule has 4 aromatic rings. The van der Waals surface area contributed by atoms with Gasteiger partial charge in [0, 0.05) is 61.6 Å². The maximum atomic E-state index is 18.0. The number of fused-ring (bicyclic) bond motifs is 4. The molecule has 11 nitrogen and oxygen atoms in total. The Hall–Kier alpha value is -4.26. The molecule has 356 valence electrons. The lowest BCUT2D eigenvalue weighted by Crippen LogP contribution is -2.57. The van der Waals surface area contributed by atoms with Crippen LogP contribution in [-0.4, -0.2) is 118 Å². The monoisotopic (exact) mass is 945 g/mol. The molecule has 1 aromatic heterocycles. The molecule has 0 spiro atoms. The van der Waals surface area contributed by atoms with Crippen LogP contribution in [0.15, 0.2) is 30.3 Å². The van der Waals surface area contributed by atoms with Crippen LogP contribution in [0.2, 0.25) is 21.6 Å². The van der Waals surface area contributed by atoms with Crippen LogP contribution < -0.4 is 14.4 Å². The van der Waals surface area contributed by atoms with Gasteiger partial charge in [-0.3, -0.25) is 9.80 Å². The van der Waals surface area contributed by atoms with Gasteiger partial charge in [-0.05, 0) is 92.7 Å². The number of carbonyl (C=O) groups excluding carboxylic acids is 1. The van der Waals surface area contributed by atoms with E-state index < -0.39 is 25.3 Å². The Labute approximate surface area is 394 Å². The smallest absolute Gasteiger partial charge is 0.410 e. The standard InChI is InChI=1S/C51H66ClF2N5O6Si/c1-31(2)66(32(3)4,33(5)6)22-15-38-41(52)14-11-34-23-37(64-30-61-10)24-39(43(34)38)44-42(53)25-40-46(45(44)54)55-48(63-29-51(16-17-51)28-57-18-20-62-21-19-57)56-47(40)58-26-35-12-13-36(27-58)59(35)49(60)65-50(7,8)9/h11,14,23-25,31-33,35-36H,12-13,16-21,26-30H2,1-10H3. The number of benzene rings is 3. The van der Waals surface area contributed by atoms with Crippen LogP contribution in [0.25, 0.3) is 32.8 Å². The highest BCUT2D eigenvalue weighted by atomic mass is 35.5. The van der Waals surface area contributed by atoms with Crippen molar-refractivity contribution < 1.29 is 37.3 Å². The molecular formula is C51H66ClF2N5O6Si. The third kappa shape index (κ3) is 9.57. The molecule has 4 aliphatic rings. The summed E-state index contributed by atoms with van der Waals surface area (Å²) in [5.74, 6) is 2.55. The van der Waals surface area contributed by atoms with Gasteiger partial charge in [-0.1, -0.05) is 65.1 Å². The SMILES string of the molecule is COCOc1cc(-c2c(F)cc3c(N4CC5CCC(C4)N5C(=O)OC(C)(C)C)nc(OCC4(CN5CCOCC5)CC4)nc3c2F)c2c(C#C[Si](C(C)C)(C(C)C)C(C)C)c(Cl)ccc2c1. The van der Waals surface area contributed by atoms with Gasteiger partial charge >= 0.3 is 12.1 Å². The molecular weight excluding hydrogens is 880 g/mol. The largest absolute Gasteiger partial charge is 0.468 e. The first kappa shape index (κ1) is 48.2. The Morgan fingerprint density at radius 3 is 2.24 bits per heavy atom. The highest BCUT2D eigenvalue weighted by molar-refractivity contribution is 6.90. The molecule has 1 aliphatic carbocycles. The molecule has 1 saturated carbocycles. The van der Waals surface area contributed by atoms with Crippen molar-refractivity contribution in [1.29, 1.82) is 0 Å². The van der Waals surface area contributed by atoms with Crippen molar-refractivity contribution in [3.05, 3.63) is 52.6 Å². The number of morpholine rings is 1. The third-order valence-corrected chi connectivity index (χ3v) is 20.9. The molecule has 0 radical (unpaired) electrons. The van der Waals surface area contributed by atoms with Gasteiger partial charge < -0.3 is 28.6 Å². The van der Waals surface area contributed by atoms with E-state index in [1.807, 2.05) is 42.7 Å². The first-order chi connectivity index (χ1) is 31.3. The summed E-state index contributed by atoms with van der Waals surface area (Å²) in [5.41, 5.74) is 4.44. The van der Waals surface area contributed by atoms with E-state index in [9.17, 15) is 4.79 Å². The van der Waals surface area contributed by atoms with E-state index in [1.165, 1.54) is 13.2 Å². The number of anilines is 1. The normalized spacial score (nSPS) is 19.8. The van der Waals surface area contributed by atoms with Gasteiger partial charge in [-0.15, -0.1) is 5.54 Å². The second-order valence-corrected chi connectivity index (χ2v) is 26.8. The number of aromatic nitrogens is 2. The van der Waals surface area contributed by atoms with Crippen LogP contribution in [-0.2, 0) is 14.2 Å². The zero-order valence-electron chi connectivity index (χ0n) is 40.3. The van der Waals surface area contributed by atoms with Gasteiger partial charge in [0.15, 0.2) is 12.6 Å². The maximum absolute atomic E-state index is 18.0. The van der Waals surface area contributed by atoms with Crippen LogP contribution in [0.1, 0.15) is 93.6 Å². The summed E-state index contributed by atoms with van der Waals surface area (Å²) in [6.07, 6.45) is 3.15. The summed E-state index contributed by atoms with van der Waals surface area (Å²) < 4.78 is 64.6. The lowest BCUT2D eigenvalue weighted by atomic mass is 9.92.